The molecule has 9 nitrogen and oxygen atoms in total. The van der Waals surface area contributed by atoms with E-state index in [0.717, 1.165) is 18.3 Å². The van der Waals surface area contributed by atoms with Crippen molar-refractivity contribution in [1.82, 2.24) is 4.57 Å². The van der Waals surface area contributed by atoms with Crippen LogP contribution in [0.25, 0.3) is 0 Å². The Morgan fingerprint density at radius 2 is 2.23 bits per heavy atom. The average molecular weight is 434 g/mol. The van der Waals surface area contributed by atoms with Crippen LogP contribution < -0.4 is 10.1 Å². The lowest BCUT2D eigenvalue weighted by Crippen LogP contribution is -2.18. The number of carbonyl (C=O) groups is 1. The first-order valence-electron chi connectivity index (χ1n) is 8.51. The number of aliphatic hydroxyl groups excluding tert-OH is 1. The summed E-state index contributed by atoms with van der Waals surface area (Å²) in [7, 11) is -2.77. The molecular formula is C19H19FN4O5S. The van der Waals surface area contributed by atoms with Crippen LogP contribution in [0.3, 0.4) is 0 Å². The molecule has 0 unspecified atom stereocenters. The zero-order valence-electron chi connectivity index (χ0n) is 16.0. The van der Waals surface area contributed by atoms with E-state index in [9.17, 15) is 22.7 Å². The van der Waals surface area contributed by atoms with E-state index >= 15 is 0 Å². The summed E-state index contributed by atoms with van der Waals surface area (Å²) >= 11 is 0. The maximum Gasteiger partial charge on any atom is 0.286 e. The number of hydrogen-bond acceptors (Lipinski definition) is 6. The lowest BCUT2D eigenvalue weighted by atomic mass is 10.2. The predicted octanol–water partition coefficient (Wildman–Crippen LogP) is 1.99. The van der Waals surface area contributed by atoms with Crippen LogP contribution in [0.4, 0.5) is 10.1 Å². The highest BCUT2D eigenvalue weighted by molar-refractivity contribution is 7.90. The van der Waals surface area contributed by atoms with E-state index in [1.165, 1.54) is 23.8 Å². The standard InChI is InChI=1S/C19H19FN4O5S/c1-4-14(25)7-8-29-18-16(30(27,28)22-2)11-24(3)17(18)19(26)23-13-5-6-15(20)12(9-13)10-21/h4-6,9,11,14,25H,1-2,7-8H2,3H3,(H,23,26)/t14-/m1/s1. The first kappa shape index (κ1) is 22.8. The van der Waals surface area contributed by atoms with Crippen LogP contribution in [-0.2, 0) is 17.1 Å². The number of nitrogens with one attached hydrogen (secondary N) is 1. The molecule has 1 heterocycles. The Hall–Kier alpha value is -3.49. The quantitative estimate of drug-likeness (QED) is 0.458. The minimum absolute atomic E-state index is 0.101. The number of sulfonamides is 1. The fourth-order valence-electron chi connectivity index (χ4n) is 2.51. The second-order valence-corrected chi connectivity index (χ2v) is 7.74. The molecule has 1 aromatic heterocycles. The van der Waals surface area contributed by atoms with Crippen molar-refractivity contribution in [2.45, 2.75) is 17.4 Å². The Bertz CT molecular complexity index is 1130. The van der Waals surface area contributed by atoms with E-state index in [1.807, 2.05) is 0 Å². The molecule has 11 heteroatoms. The van der Waals surface area contributed by atoms with Gasteiger partial charge in [0.05, 0.1) is 18.3 Å². The highest BCUT2D eigenvalue weighted by Gasteiger charge is 2.29. The van der Waals surface area contributed by atoms with Crippen LogP contribution in [0, 0.1) is 17.1 Å². The molecule has 0 fully saturated rings. The first-order valence-corrected chi connectivity index (χ1v) is 9.95. The van der Waals surface area contributed by atoms with Crippen molar-refractivity contribution in [3.63, 3.8) is 0 Å². The monoisotopic (exact) mass is 434 g/mol. The van der Waals surface area contributed by atoms with Crippen molar-refractivity contribution in [1.29, 1.82) is 5.26 Å². The molecule has 0 aliphatic rings. The second kappa shape index (κ2) is 9.34. The zero-order chi connectivity index (χ0) is 22.5. The molecule has 0 saturated carbocycles. The van der Waals surface area contributed by atoms with Crippen LogP contribution >= 0.6 is 0 Å². The predicted molar refractivity (Wildman–Crippen MR) is 108 cm³/mol. The number of halogens is 1. The van der Waals surface area contributed by atoms with Crippen LogP contribution in [0.15, 0.2) is 46.3 Å². The number of anilines is 1. The summed E-state index contributed by atoms with van der Waals surface area (Å²) in [5.41, 5.74) is -0.305. The van der Waals surface area contributed by atoms with E-state index in [4.69, 9.17) is 10.00 Å². The number of aromatic nitrogens is 1. The number of aliphatic hydroxyl groups is 1. The van der Waals surface area contributed by atoms with Gasteiger partial charge in [-0.2, -0.15) is 18.1 Å². The van der Waals surface area contributed by atoms with E-state index in [-0.39, 0.29) is 40.6 Å². The summed E-state index contributed by atoms with van der Waals surface area (Å²) in [5, 5.41) is 21.0. The third kappa shape index (κ3) is 4.91. The number of amides is 1. The molecule has 1 amide bonds. The number of carbonyl (C=O) groups excluding carboxylic acids is 1. The highest BCUT2D eigenvalue weighted by Crippen LogP contribution is 2.32. The largest absolute Gasteiger partial charge is 0.490 e. The molecule has 0 spiro atoms. The SMILES string of the molecule is C=C[C@@H](O)CCOc1c(S(=O)(=O)N=C)cn(C)c1C(=O)Nc1ccc(F)c(C#N)c1. The Morgan fingerprint density at radius 3 is 2.83 bits per heavy atom. The molecule has 1 aromatic carbocycles. The molecule has 0 aliphatic heterocycles. The molecule has 30 heavy (non-hydrogen) atoms. The molecule has 0 radical (unpaired) electrons. The minimum atomic E-state index is -4.20. The molecule has 2 rings (SSSR count). The first-order chi connectivity index (χ1) is 14.1. The summed E-state index contributed by atoms with van der Waals surface area (Å²) in [6, 6.07) is 5.07. The number of aryl methyl sites for hydroxylation is 1. The van der Waals surface area contributed by atoms with Gasteiger partial charge < -0.3 is 19.7 Å². The normalized spacial score (nSPS) is 11.9. The van der Waals surface area contributed by atoms with Gasteiger partial charge in [0.15, 0.2) is 11.4 Å². The summed E-state index contributed by atoms with van der Waals surface area (Å²) < 4.78 is 47.8. The summed E-state index contributed by atoms with van der Waals surface area (Å²) in [6.45, 7) is 6.34. The van der Waals surface area contributed by atoms with E-state index in [0.29, 0.717) is 0 Å². The minimum Gasteiger partial charge on any atom is -0.490 e. The van der Waals surface area contributed by atoms with Gasteiger partial charge >= 0.3 is 0 Å². The van der Waals surface area contributed by atoms with Crippen molar-refractivity contribution in [3.8, 4) is 11.8 Å². The fourth-order valence-corrected chi connectivity index (χ4v) is 3.33. The van der Waals surface area contributed by atoms with Crippen molar-refractivity contribution in [2.75, 3.05) is 11.9 Å². The highest BCUT2D eigenvalue weighted by atomic mass is 32.2. The molecular weight excluding hydrogens is 415 g/mol. The molecule has 1 atom stereocenters. The lowest BCUT2D eigenvalue weighted by Gasteiger charge is -2.12. The van der Waals surface area contributed by atoms with Crippen molar-refractivity contribution in [2.24, 2.45) is 11.4 Å². The van der Waals surface area contributed by atoms with Gasteiger partial charge in [0, 0.05) is 32.1 Å². The number of ether oxygens (including phenoxy) is 1. The Morgan fingerprint density at radius 1 is 1.53 bits per heavy atom. The third-order valence-electron chi connectivity index (χ3n) is 4.04. The number of nitriles is 1. The van der Waals surface area contributed by atoms with Crippen LogP contribution in [0.1, 0.15) is 22.5 Å². The lowest BCUT2D eigenvalue weighted by molar-refractivity contribution is 0.101. The van der Waals surface area contributed by atoms with Crippen LogP contribution in [0.2, 0.25) is 0 Å². The molecule has 0 saturated heterocycles. The van der Waals surface area contributed by atoms with Gasteiger partial charge in [-0.15, -0.1) is 6.58 Å². The van der Waals surface area contributed by atoms with Gasteiger partial charge in [0.25, 0.3) is 15.9 Å². The van der Waals surface area contributed by atoms with E-state index < -0.39 is 27.9 Å². The van der Waals surface area contributed by atoms with Gasteiger partial charge in [-0.1, -0.05) is 6.08 Å². The van der Waals surface area contributed by atoms with E-state index in [1.54, 1.807) is 6.07 Å². The third-order valence-corrected chi connectivity index (χ3v) is 5.23. The van der Waals surface area contributed by atoms with Gasteiger partial charge in [0.2, 0.25) is 0 Å². The van der Waals surface area contributed by atoms with E-state index in [2.05, 4.69) is 23.0 Å². The van der Waals surface area contributed by atoms with Crippen molar-refractivity contribution >= 4 is 28.3 Å². The molecule has 0 aliphatic carbocycles. The van der Waals surface area contributed by atoms with Gasteiger partial charge in [-0.25, -0.2) is 4.39 Å². The molecule has 2 N–H and O–H groups in total. The van der Waals surface area contributed by atoms with Crippen molar-refractivity contribution in [3.05, 3.63) is 54.1 Å². The number of benzene rings is 1. The Balaban J connectivity index is 2.44. The van der Waals surface area contributed by atoms with Gasteiger partial charge in [-0.05, 0) is 18.2 Å². The number of hydrogen-bond donors (Lipinski definition) is 2. The van der Waals surface area contributed by atoms with Gasteiger partial charge in [0.1, 0.15) is 16.8 Å². The topological polar surface area (TPSA) is 134 Å². The Kier molecular flexibility index (Phi) is 7.10. The molecule has 0 bridgehead atoms. The van der Waals surface area contributed by atoms with Gasteiger partial charge in [-0.3, -0.25) is 4.79 Å². The summed E-state index contributed by atoms with van der Waals surface area (Å²) in [4.78, 5) is 12.4. The van der Waals surface area contributed by atoms with Crippen LogP contribution in [0.5, 0.6) is 5.75 Å². The Labute approximate surface area is 172 Å². The maximum absolute atomic E-state index is 13.5. The average Bonchev–Trinajstić information content (AvgIpc) is 3.06. The van der Waals surface area contributed by atoms with Crippen molar-refractivity contribution < 1.29 is 27.4 Å². The second-order valence-electron chi connectivity index (χ2n) is 6.09. The summed E-state index contributed by atoms with van der Waals surface area (Å²) in [5.74, 6) is -1.79. The smallest absolute Gasteiger partial charge is 0.286 e. The molecule has 158 valence electrons. The fraction of sp³-hybridized carbons (Fsp3) is 0.211. The molecule has 2 aromatic rings. The maximum atomic E-state index is 13.5. The number of nitrogens with zero attached hydrogens (tertiary/aromatic N) is 3. The number of rotatable bonds is 9. The van der Waals surface area contributed by atoms with Crippen LogP contribution in [-0.4, -0.2) is 43.4 Å². The summed E-state index contributed by atoms with van der Waals surface area (Å²) in [6.07, 6.45) is 1.65. The zero-order valence-corrected chi connectivity index (χ0v) is 16.8.